The molecule has 1 N–H and O–H groups in total. The first-order chi connectivity index (χ1) is 14.0. The number of aryl methyl sites for hydroxylation is 2. The summed E-state index contributed by atoms with van der Waals surface area (Å²) in [5.74, 6) is 0.299. The first-order valence-corrected chi connectivity index (χ1v) is 11.5. The van der Waals surface area contributed by atoms with E-state index in [1.807, 2.05) is 24.3 Å². The molecule has 1 saturated heterocycles. The average molecular weight is 415 g/mol. The van der Waals surface area contributed by atoms with Gasteiger partial charge in [0.2, 0.25) is 15.9 Å². The molecule has 0 spiro atoms. The third-order valence-corrected chi connectivity index (χ3v) is 7.79. The van der Waals surface area contributed by atoms with Gasteiger partial charge in [-0.3, -0.25) is 4.79 Å². The standard InChI is InChI=1S/C22H26N2O4S/c1-28-21-8-3-2-7-20(21)23-22(25)17-11-13-24(14-12-17)29(26,27)19-10-9-16-5-4-6-18(16)15-19/h2-3,7-10,15,17H,4-6,11-14H2,1H3,(H,23,25). The first kappa shape index (κ1) is 19.9. The lowest BCUT2D eigenvalue weighted by Gasteiger charge is -2.30. The largest absolute Gasteiger partial charge is 0.495 e. The molecule has 2 aromatic rings. The van der Waals surface area contributed by atoms with Crippen molar-refractivity contribution >= 4 is 21.6 Å². The predicted octanol–water partition coefficient (Wildman–Crippen LogP) is 3.22. The van der Waals surface area contributed by atoms with Gasteiger partial charge >= 0.3 is 0 Å². The normalized spacial score (nSPS) is 17.7. The highest BCUT2D eigenvalue weighted by Crippen LogP contribution is 2.30. The summed E-state index contributed by atoms with van der Waals surface area (Å²) in [5, 5.41) is 2.91. The fourth-order valence-electron chi connectivity index (χ4n) is 4.20. The Kier molecular flexibility index (Phi) is 5.61. The van der Waals surface area contributed by atoms with Gasteiger partial charge in [0.1, 0.15) is 5.75 Å². The van der Waals surface area contributed by atoms with E-state index in [9.17, 15) is 13.2 Å². The maximum absolute atomic E-state index is 13.0. The molecular formula is C22H26N2O4S. The number of fused-ring (bicyclic) bond motifs is 1. The Hall–Kier alpha value is -2.38. The zero-order valence-electron chi connectivity index (χ0n) is 16.6. The van der Waals surface area contributed by atoms with E-state index < -0.39 is 10.0 Å². The fraction of sp³-hybridized carbons (Fsp3) is 0.409. The van der Waals surface area contributed by atoms with Crippen molar-refractivity contribution in [2.45, 2.75) is 37.0 Å². The number of carbonyl (C=O) groups is 1. The second-order valence-corrected chi connectivity index (χ2v) is 9.59. The molecule has 0 atom stereocenters. The number of hydrogen-bond acceptors (Lipinski definition) is 4. The molecule has 1 aliphatic carbocycles. The van der Waals surface area contributed by atoms with Crippen molar-refractivity contribution in [2.24, 2.45) is 5.92 Å². The lowest BCUT2D eigenvalue weighted by molar-refractivity contribution is -0.120. The minimum atomic E-state index is -3.52. The van der Waals surface area contributed by atoms with Crippen molar-refractivity contribution in [3.63, 3.8) is 0 Å². The van der Waals surface area contributed by atoms with Gasteiger partial charge < -0.3 is 10.1 Å². The molecule has 0 aromatic heterocycles. The quantitative estimate of drug-likeness (QED) is 0.815. The van der Waals surface area contributed by atoms with Gasteiger partial charge in [-0.15, -0.1) is 0 Å². The van der Waals surface area contributed by atoms with Crippen LogP contribution in [0.2, 0.25) is 0 Å². The molecule has 1 heterocycles. The summed E-state index contributed by atoms with van der Waals surface area (Å²) in [5.41, 5.74) is 3.04. The van der Waals surface area contributed by atoms with Gasteiger partial charge in [0.05, 0.1) is 17.7 Å². The van der Waals surface area contributed by atoms with E-state index in [-0.39, 0.29) is 11.8 Å². The number of rotatable bonds is 5. The minimum Gasteiger partial charge on any atom is -0.495 e. The zero-order chi connectivity index (χ0) is 20.4. The number of benzene rings is 2. The third-order valence-electron chi connectivity index (χ3n) is 5.90. The number of anilines is 1. The van der Waals surface area contributed by atoms with Crippen LogP contribution in [0.4, 0.5) is 5.69 Å². The van der Waals surface area contributed by atoms with Crippen LogP contribution in [0.25, 0.3) is 0 Å². The van der Waals surface area contributed by atoms with Crippen LogP contribution >= 0.6 is 0 Å². The van der Waals surface area contributed by atoms with Crippen molar-refractivity contribution in [2.75, 3.05) is 25.5 Å². The van der Waals surface area contributed by atoms with Gasteiger partial charge in [0.25, 0.3) is 0 Å². The molecule has 7 heteroatoms. The number of piperidine rings is 1. The summed E-state index contributed by atoms with van der Waals surface area (Å²) >= 11 is 0. The molecule has 29 heavy (non-hydrogen) atoms. The molecule has 1 aliphatic heterocycles. The van der Waals surface area contributed by atoms with Crippen LogP contribution in [-0.2, 0) is 27.7 Å². The third kappa shape index (κ3) is 4.02. The highest BCUT2D eigenvalue weighted by Gasteiger charge is 2.32. The number of nitrogens with one attached hydrogen (secondary N) is 1. The van der Waals surface area contributed by atoms with Gasteiger partial charge in [-0.1, -0.05) is 18.2 Å². The van der Waals surface area contributed by atoms with Crippen molar-refractivity contribution in [1.82, 2.24) is 4.31 Å². The van der Waals surface area contributed by atoms with Crippen molar-refractivity contribution in [1.29, 1.82) is 0 Å². The topological polar surface area (TPSA) is 75.7 Å². The van der Waals surface area contributed by atoms with E-state index in [0.29, 0.717) is 42.3 Å². The summed E-state index contributed by atoms with van der Waals surface area (Å²) in [6.07, 6.45) is 4.08. The van der Waals surface area contributed by atoms with E-state index in [1.165, 1.54) is 9.87 Å². The Morgan fingerprint density at radius 1 is 1.07 bits per heavy atom. The second kappa shape index (κ2) is 8.16. The number of nitrogens with zero attached hydrogens (tertiary/aromatic N) is 1. The number of carbonyl (C=O) groups excluding carboxylic acids is 1. The van der Waals surface area contributed by atoms with Crippen molar-refractivity contribution < 1.29 is 17.9 Å². The van der Waals surface area contributed by atoms with E-state index in [4.69, 9.17) is 4.74 Å². The van der Waals surface area contributed by atoms with Crippen LogP contribution in [0.3, 0.4) is 0 Å². The predicted molar refractivity (Wildman–Crippen MR) is 112 cm³/mol. The lowest BCUT2D eigenvalue weighted by Crippen LogP contribution is -2.41. The van der Waals surface area contributed by atoms with Crippen LogP contribution in [0.5, 0.6) is 5.75 Å². The SMILES string of the molecule is COc1ccccc1NC(=O)C1CCN(S(=O)(=O)c2ccc3c(c2)CCC3)CC1. The van der Waals surface area contributed by atoms with E-state index >= 15 is 0 Å². The average Bonchev–Trinajstić information content (AvgIpc) is 3.22. The Labute approximate surface area is 171 Å². The van der Waals surface area contributed by atoms with Gasteiger partial charge in [0.15, 0.2) is 0 Å². The lowest BCUT2D eigenvalue weighted by atomic mass is 9.97. The smallest absolute Gasteiger partial charge is 0.243 e. The van der Waals surface area contributed by atoms with Crippen molar-refractivity contribution in [3.05, 3.63) is 53.6 Å². The molecule has 4 rings (SSSR count). The van der Waals surface area contributed by atoms with Crippen LogP contribution in [0, 0.1) is 5.92 Å². The Bertz CT molecular complexity index is 1010. The molecule has 0 bridgehead atoms. The molecule has 2 aliphatic rings. The van der Waals surface area contributed by atoms with Gasteiger partial charge in [-0.25, -0.2) is 8.42 Å². The Balaban J connectivity index is 1.40. The monoisotopic (exact) mass is 414 g/mol. The molecule has 0 saturated carbocycles. The maximum Gasteiger partial charge on any atom is 0.243 e. The number of hydrogen-bond donors (Lipinski definition) is 1. The second-order valence-electron chi connectivity index (χ2n) is 7.65. The molecule has 2 aromatic carbocycles. The molecule has 0 radical (unpaired) electrons. The highest BCUT2D eigenvalue weighted by molar-refractivity contribution is 7.89. The van der Waals surface area contributed by atoms with Gasteiger partial charge in [-0.05, 0) is 67.5 Å². The summed E-state index contributed by atoms with van der Waals surface area (Å²) in [4.78, 5) is 13.0. The summed E-state index contributed by atoms with van der Waals surface area (Å²) in [7, 11) is -1.96. The maximum atomic E-state index is 13.0. The highest BCUT2D eigenvalue weighted by atomic mass is 32.2. The number of ether oxygens (including phenoxy) is 1. The number of amides is 1. The van der Waals surface area contributed by atoms with Crippen LogP contribution < -0.4 is 10.1 Å². The molecule has 0 unspecified atom stereocenters. The van der Waals surface area contributed by atoms with Gasteiger partial charge in [0, 0.05) is 19.0 Å². The van der Waals surface area contributed by atoms with E-state index in [1.54, 1.807) is 25.3 Å². The van der Waals surface area contributed by atoms with Gasteiger partial charge in [-0.2, -0.15) is 4.31 Å². The van der Waals surface area contributed by atoms with Crippen molar-refractivity contribution in [3.8, 4) is 5.75 Å². The number of para-hydroxylation sites is 2. The van der Waals surface area contributed by atoms with Crippen LogP contribution in [0.1, 0.15) is 30.4 Å². The minimum absolute atomic E-state index is 0.0934. The number of methoxy groups -OCH3 is 1. The summed E-state index contributed by atoms with van der Waals surface area (Å²) in [6.45, 7) is 0.701. The summed E-state index contributed by atoms with van der Waals surface area (Å²) in [6, 6.07) is 12.8. The molecule has 1 amide bonds. The zero-order valence-corrected chi connectivity index (χ0v) is 17.4. The molecule has 6 nitrogen and oxygen atoms in total. The molecule has 1 fully saturated rings. The molecular weight excluding hydrogens is 388 g/mol. The fourth-order valence-corrected chi connectivity index (χ4v) is 5.72. The van der Waals surface area contributed by atoms with Crippen LogP contribution in [-0.4, -0.2) is 38.8 Å². The van der Waals surface area contributed by atoms with E-state index in [2.05, 4.69) is 5.32 Å². The number of sulfonamides is 1. The van der Waals surface area contributed by atoms with E-state index in [0.717, 1.165) is 24.8 Å². The Morgan fingerprint density at radius 2 is 1.79 bits per heavy atom. The summed E-state index contributed by atoms with van der Waals surface area (Å²) < 4.78 is 32.9. The van der Waals surface area contributed by atoms with Crippen LogP contribution in [0.15, 0.2) is 47.4 Å². The molecule has 154 valence electrons. The first-order valence-electron chi connectivity index (χ1n) is 10.0. The Morgan fingerprint density at radius 3 is 2.55 bits per heavy atom.